The van der Waals surface area contributed by atoms with Crippen molar-refractivity contribution < 1.29 is 9.84 Å². The predicted octanol–water partition coefficient (Wildman–Crippen LogP) is 3.27. The van der Waals surface area contributed by atoms with E-state index < -0.39 is 0 Å². The summed E-state index contributed by atoms with van der Waals surface area (Å²) in [6.07, 6.45) is 0.998. The lowest BCUT2D eigenvalue weighted by molar-refractivity contribution is -0.0485. The maximum atomic E-state index is 9.80. The van der Waals surface area contributed by atoms with Crippen LogP contribution in [-0.2, 0) is 15.6 Å². The van der Waals surface area contributed by atoms with E-state index in [0.717, 1.165) is 19.6 Å². The molecule has 1 unspecified atom stereocenters. The van der Waals surface area contributed by atoms with Gasteiger partial charge in [-0.1, -0.05) is 52.0 Å². The van der Waals surface area contributed by atoms with E-state index in [1.54, 1.807) is 0 Å². The van der Waals surface area contributed by atoms with E-state index >= 15 is 0 Å². The Labute approximate surface area is 116 Å². The molecule has 1 N–H and O–H groups in total. The predicted molar refractivity (Wildman–Crippen MR) is 78.5 cm³/mol. The molecule has 0 radical (unpaired) electrons. The fourth-order valence-electron chi connectivity index (χ4n) is 2.69. The molecule has 0 saturated carbocycles. The van der Waals surface area contributed by atoms with Gasteiger partial charge in [-0.2, -0.15) is 0 Å². The van der Waals surface area contributed by atoms with E-state index in [1.807, 2.05) is 0 Å². The van der Waals surface area contributed by atoms with Gasteiger partial charge < -0.3 is 9.84 Å². The molecule has 1 aromatic carbocycles. The zero-order chi connectivity index (χ0) is 14.1. The van der Waals surface area contributed by atoms with Crippen LogP contribution in [-0.4, -0.2) is 24.9 Å². The second kappa shape index (κ2) is 5.26. The minimum absolute atomic E-state index is 0.148. The van der Waals surface area contributed by atoms with Gasteiger partial charge in [-0.05, 0) is 23.0 Å². The van der Waals surface area contributed by atoms with Crippen molar-refractivity contribution in [1.82, 2.24) is 0 Å². The van der Waals surface area contributed by atoms with Crippen LogP contribution >= 0.6 is 0 Å². The SMILES string of the molecule is CC(C)(C)c1ccc(C(C)(CO)CC2COC2)cc1. The number of hydrogen-bond acceptors (Lipinski definition) is 2. The molecule has 0 amide bonds. The van der Waals surface area contributed by atoms with E-state index in [1.165, 1.54) is 11.1 Å². The molecule has 2 rings (SSSR count). The second-order valence-corrected chi connectivity index (χ2v) is 7.15. The average molecular weight is 262 g/mol. The highest BCUT2D eigenvalue weighted by Crippen LogP contribution is 2.34. The molecule has 1 atom stereocenters. The van der Waals surface area contributed by atoms with Crippen molar-refractivity contribution in [3.8, 4) is 0 Å². The summed E-state index contributed by atoms with van der Waals surface area (Å²) in [4.78, 5) is 0. The first kappa shape index (κ1) is 14.5. The van der Waals surface area contributed by atoms with Crippen molar-refractivity contribution in [1.29, 1.82) is 0 Å². The van der Waals surface area contributed by atoms with E-state index in [0.29, 0.717) is 5.92 Å². The minimum Gasteiger partial charge on any atom is -0.395 e. The Balaban J connectivity index is 2.18. The summed E-state index contributed by atoms with van der Waals surface area (Å²) in [6.45, 7) is 10.7. The molecule has 19 heavy (non-hydrogen) atoms. The number of ether oxygens (including phenoxy) is 1. The highest BCUT2D eigenvalue weighted by Gasteiger charge is 2.32. The Morgan fingerprint density at radius 2 is 1.58 bits per heavy atom. The molecule has 1 aliphatic heterocycles. The summed E-state index contributed by atoms with van der Waals surface area (Å²) in [5.41, 5.74) is 2.60. The van der Waals surface area contributed by atoms with E-state index in [9.17, 15) is 5.11 Å². The number of aliphatic hydroxyl groups is 1. The molecule has 1 saturated heterocycles. The normalized spacial score (nSPS) is 19.8. The van der Waals surface area contributed by atoms with E-state index in [4.69, 9.17) is 4.74 Å². The molecule has 0 spiro atoms. The Morgan fingerprint density at radius 3 is 1.95 bits per heavy atom. The molecule has 2 heteroatoms. The summed E-state index contributed by atoms with van der Waals surface area (Å²) >= 11 is 0. The van der Waals surface area contributed by atoms with Gasteiger partial charge in [0.2, 0.25) is 0 Å². The lowest BCUT2D eigenvalue weighted by atomic mass is 9.74. The van der Waals surface area contributed by atoms with Crippen LogP contribution in [0.3, 0.4) is 0 Å². The maximum Gasteiger partial charge on any atom is 0.0525 e. The van der Waals surface area contributed by atoms with Crippen molar-refractivity contribution in [2.45, 2.75) is 44.9 Å². The number of benzene rings is 1. The lowest BCUT2D eigenvalue weighted by Gasteiger charge is -2.36. The standard InChI is InChI=1S/C17H26O2/c1-16(2,3)14-5-7-15(8-6-14)17(4,12-18)9-13-10-19-11-13/h5-8,13,18H,9-12H2,1-4H3. The van der Waals surface area contributed by atoms with Crippen LogP contribution in [0.2, 0.25) is 0 Å². The topological polar surface area (TPSA) is 29.5 Å². The minimum atomic E-state index is -0.148. The third-order valence-corrected chi connectivity index (χ3v) is 4.24. The molecule has 1 heterocycles. The molecule has 0 aromatic heterocycles. The molecule has 2 nitrogen and oxygen atoms in total. The average Bonchev–Trinajstić information content (AvgIpc) is 2.33. The van der Waals surface area contributed by atoms with Gasteiger partial charge in [0.1, 0.15) is 0 Å². The Hall–Kier alpha value is -0.860. The van der Waals surface area contributed by atoms with Gasteiger partial charge in [-0.15, -0.1) is 0 Å². The zero-order valence-corrected chi connectivity index (χ0v) is 12.6. The zero-order valence-electron chi connectivity index (χ0n) is 12.6. The summed E-state index contributed by atoms with van der Waals surface area (Å²) in [5, 5.41) is 9.80. The van der Waals surface area contributed by atoms with Crippen molar-refractivity contribution in [3.63, 3.8) is 0 Å². The highest BCUT2D eigenvalue weighted by atomic mass is 16.5. The first-order valence-corrected chi connectivity index (χ1v) is 7.15. The van der Waals surface area contributed by atoms with Crippen LogP contribution < -0.4 is 0 Å². The molecule has 0 aliphatic carbocycles. The second-order valence-electron chi connectivity index (χ2n) is 7.15. The fraction of sp³-hybridized carbons (Fsp3) is 0.647. The van der Waals surface area contributed by atoms with Crippen molar-refractivity contribution >= 4 is 0 Å². The molecule has 0 bridgehead atoms. The largest absolute Gasteiger partial charge is 0.395 e. The van der Waals surface area contributed by atoms with Gasteiger partial charge in [0.25, 0.3) is 0 Å². The van der Waals surface area contributed by atoms with Gasteiger partial charge in [0.15, 0.2) is 0 Å². The van der Waals surface area contributed by atoms with Gasteiger partial charge in [0, 0.05) is 11.3 Å². The van der Waals surface area contributed by atoms with Crippen LogP contribution in [0.4, 0.5) is 0 Å². The van der Waals surface area contributed by atoms with E-state index in [2.05, 4.69) is 52.0 Å². The summed E-state index contributed by atoms with van der Waals surface area (Å²) in [5.74, 6) is 0.597. The number of aliphatic hydroxyl groups excluding tert-OH is 1. The number of hydrogen-bond donors (Lipinski definition) is 1. The summed E-state index contributed by atoms with van der Waals surface area (Å²) in [6, 6.07) is 8.74. The van der Waals surface area contributed by atoms with Gasteiger partial charge in [0.05, 0.1) is 19.8 Å². The van der Waals surface area contributed by atoms with Crippen LogP contribution in [0, 0.1) is 5.92 Å². The Kier molecular flexibility index (Phi) is 4.03. The molecular formula is C17H26O2. The molecule has 1 aromatic rings. The van der Waals surface area contributed by atoms with Crippen molar-refractivity contribution in [2.24, 2.45) is 5.92 Å². The van der Waals surface area contributed by atoms with Crippen LogP contribution in [0.1, 0.15) is 45.2 Å². The van der Waals surface area contributed by atoms with Crippen molar-refractivity contribution in [3.05, 3.63) is 35.4 Å². The Morgan fingerprint density at radius 1 is 1.05 bits per heavy atom. The fourth-order valence-corrected chi connectivity index (χ4v) is 2.69. The first-order chi connectivity index (χ1) is 8.85. The smallest absolute Gasteiger partial charge is 0.0525 e. The van der Waals surface area contributed by atoms with E-state index in [-0.39, 0.29) is 17.4 Å². The molecular weight excluding hydrogens is 236 g/mol. The van der Waals surface area contributed by atoms with Crippen LogP contribution in [0.5, 0.6) is 0 Å². The van der Waals surface area contributed by atoms with Gasteiger partial charge >= 0.3 is 0 Å². The third kappa shape index (κ3) is 3.18. The van der Waals surface area contributed by atoms with Crippen LogP contribution in [0.15, 0.2) is 24.3 Å². The third-order valence-electron chi connectivity index (χ3n) is 4.24. The number of rotatable bonds is 4. The maximum absolute atomic E-state index is 9.80. The lowest BCUT2D eigenvalue weighted by Crippen LogP contribution is -2.37. The highest BCUT2D eigenvalue weighted by molar-refractivity contribution is 5.32. The van der Waals surface area contributed by atoms with Gasteiger partial charge in [-0.3, -0.25) is 0 Å². The monoisotopic (exact) mass is 262 g/mol. The summed E-state index contributed by atoms with van der Waals surface area (Å²) in [7, 11) is 0. The molecule has 1 aliphatic rings. The molecule has 1 fully saturated rings. The molecule has 106 valence electrons. The quantitative estimate of drug-likeness (QED) is 0.902. The van der Waals surface area contributed by atoms with Crippen molar-refractivity contribution in [2.75, 3.05) is 19.8 Å². The first-order valence-electron chi connectivity index (χ1n) is 7.15. The van der Waals surface area contributed by atoms with Gasteiger partial charge in [-0.25, -0.2) is 0 Å². The Bertz CT molecular complexity index is 412. The summed E-state index contributed by atoms with van der Waals surface area (Å²) < 4.78 is 5.24. The van der Waals surface area contributed by atoms with Crippen LogP contribution in [0.25, 0.3) is 0 Å².